The number of nitrogens with zero attached hydrogens (tertiary/aromatic N) is 2. The molecule has 172 valence electrons. The topological polar surface area (TPSA) is 28.4 Å². The second-order valence-electron chi connectivity index (χ2n) is 10.4. The largest absolute Gasteiger partial charge is 0.387 e. The fourth-order valence-electron chi connectivity index (χ4n) is 3.98. The standard InChI is InChI=1S/C29H40N2O/c1-23(2)17-19-30(22-28(32)25-10-7-6-8-11-25)21-27-12-9-18-31(27)20-24-13-15-26(16-14-24)29(3,4)5/h6-16,18,23,28,32H,17,19-22H2,1-5H3. The Labute approximate surface area is 194 Å². The number of aromatic nitrogens is 1. The van der Waals surface area contributed by atoms with Crippen molar-refractivity contribution in [3.05, 3.63) is 95.3 Å². The van der Waals surface area contributed by atoms with Crippen molar-refractivity contribution in [2.45, 2.75) is 65.6 Å². The Hall–Kier alpha value is -2.36. The Morgan fingerprint density at radius 2 is 1.59 bits per heavy atom. The third-order valence-electron chi connectivity index (χ3n) is 6.12. The molecular weight excluding hydrogens is 392 g/mol. The lowest BCUT2D eigenvalue weighted by Gasteiger charge is -2.27. The van der Waals surface area contributed by atoms with E-state index in [2.05, 4.69) is 86.7 Å². The summed E-state index contributed by atoms with van der Waals surface area (Å²) in [6.45, 7) is 14.6. The van der Waals surface area contributed by atoms with Crippen LogP contribution in [-0.2, 0) is 18.5 Å². The van der Waals surface area contributed by atoms with Gasteiger partial charge in [0.15, 0.2) is 0 Å². The third kappa shape index (κ3) is 7.08. The van der Waals surface area contributed by atoms with Crippen LogP contribution in [0.3, 0.4) is 0 Å². The minimum Gasteiger partial charge on any atom is -0.387 e. The van der Waals surface area contributed by atoms with E-state index in [1.54, 1.807) is 0 Å². The Morgan fingerprint density at radius 3 is 2.22 bits per heavy atom. The van der Waals surface area contributed by atoms with Crippen LogP contribution < -0.4 is 0 Å². The van der Waals surface area contributed by atoms with E-state index >= 15 is 0 Å². The van der Waals surface area contributed by atoms with Gasteiger partial charge in [0.05, 0.1) is 6.10 Å². The highest BCUT2D eigenvalue weighted by molar-refractivity contribution is 5.28. The minimum atomic E-state index is -0.475. The Balaban J connectivity index is 1.70. The van der Waals surface area contributed by atoms with Crippen molar-refractivity contribution >= 4 is 0 Å². The molecule has 0 saturated carbocycles. The lowest BCUT2D eigenvalue weighted by molar-refractivity contribution is 0.104. The van der Waals surface area contributed by atoms with Gasteiger partial charge < -0.3 is 9.67 Å². The molecule has 1 N–H and O–H groups in total. The summed E-state index contributed by atoms with van der Waals surface area (Å²) in [4.78, 5) is 2.40. The maximum atomic E-state index is 10.8. The first-order chi connectivity index (χ1) is 15.2. The number of rotatable bonds is 10. The Morgan fingerprint density at radius 1 is 0.906 bits per heavy atom. The summed E-state index contributed by atoms with van der Waals surface area (Å²) in [5.41, 5.74) is 5.12. The van der Waals surface area contributed by atoms with E-state index in [1.165, 1.54) is 16.8 Å². The summed E-state index contributed by atoms with van der Waals surface area (Å²) < 4.78 is 2.34. The quantitative estimate of drug-likeness (QED) is 0.401. The summed E-state index contributed by atoms with van der Waals surface area (Å²) in [7, 11) is 0. The van der Waals surface area contributed by atoms with Gasteiger partial charge in [-0.1, -0.05) is 89.2 Å². The molecule has 3 rings (SSSR count). The summed E-state index contributed by atoms with van der Waals surface area (Å²) in [5, 5.41) is 10.8. The highest BCUT2D eigenvalue weighted by Crippen LogP contribution is 2.23. The molecule has 1 aromatic heterocycles. The van der Waals surface area contributed by atoms with E-state index < -0.39 is 6.10 Å². The van der Waals surface area contributed by atoms with Gasteiger partial charge in [-0.25, -0.2) is 0 Å². The molecule has 0 aliphatic rings. The normalized spacial score (nSPS) is 13.1. The van der Waals surface area contributed by atoms with Gasteiger partial charge in [-0.05, 0) is 53.1 Å². The average molecular weight is 433 g/mol. The summed E-state index contributed by atoms with van der Waals surface area (Å²) in [6, 6.07) is 23.3. The smallest absolute Gasteiger partial charge is 0.0917 e. The fourth-order valence-corrected chi connectivity index (χ4v) is 3.98. The zero-order valence-electron chi connectivity index (χ0n) is 20.5. The van der Waals surface area contributed by atoms with Gasteiger partial charge in [0.25, 0.3) is 0 Å². The van der Waals surface area contributed by atoms with E-state index in [0.29, 0.717) is 12.5 Å². The predicted molar refractivity (Wildman–Crippen MR) is 135 cm³/mol. The monoisotopic (exact) mass is 432 g/mol. The number of aliphatic hydroxyl groups excluding tert-OH is 1. The molecule has 0 saturated heterocycles. The van der Waals surface area contributed by atoms with Gasteiger partial charge in [-0.3, -0.25) is 4.90 Å². The van der Waals surface area contributed by atoms with Crippen LogP contribution in [0.25, 0.3) is 0 Å². The van der Waals surface area contributed by atoms with Crippen molar-refractivity contribution < 1.29 is 5.11 Å². The van der Waals surface area contributed by atoms with E-state index in [0.717, 1.165) is 31.6 Å². The third-order valence-corrected chi connectivity index (χ3v) is 6.12. The van der Waals surface area contributed by atoms with E-state index in [4.69, 9.17) is 0 Å². The molecule has 3 nitrogen and oxygen atoms in total. The molecule has 3 heteroatoms. The molecule has 0 spiro atoms. The van der Waals surface area contributed by atoms with Crippen LogP contribution in [-0.4, -0.2) is 27.7 Å². The van der Waals surface area contributed by atoms with Crippen LogP contribution in [0.1, 0.15) is 69.5 Å². The van der Waals surface area contributed by atoms with Crippen LogP contribution in [0.15, 0.2) is 72.9 Å². The lowest BCUT2D eigenvalue weighted by Crippen LogP contribution is -2.31. The van der Waals surface area contributed by atoms with Crippen molar-refractivity contribution in [1.29, 1.82) is 0 Å². The number of hydrogen-bond acceptors (Lipinski definition) is 2. The zero-order chi connectivity index (χ0) is 23.1. The molecule has 0 bridgehead atoms. The Bertz CT molecular complexity index is 935. The molecule has 0 fully saturated rings. The first kappa shape index (κ1) is 24.3. The van der Waals surface area contributed by atoms with Gasteiger partial charge in [-0.15, -0.1) is 0 Å². The lowest BCUT2D eigenvalue weighted by atomic mass is 9.87. The molecule has 0 amide bonds. The van der Waals surface area contributed by atoms with Crippen molar-refractivity contribution in [3.63, 3.8) is 0 Å². The molecule has 0 aliphatic carbocycles. The maximum Gasteiger partial charge on any atom is 0.0917 e. The van der Waals surface area contributed by atoms with Crippen LogP contribution >= 0.6 is 0 Å². The first-order valence-electron chi connectivity index (χ1n) is 11.9. The SMILES string of the molecule is CC(C)CCN(Cc1cccn1Cc1ccc(C(C)(C)C)cc1)CC(O)c1ccccc1. The van der Waals surface area contributed by atoms with E-state index in [-0.39, 0.29) is 5.41 Å². The number of benzene rings is 2. The zero-order valence-corrected chi connectivity index (χ0v) is 20.5. The van der Waals surface area contributed by atoms with Gasteiger partial charge in [-0.2, -0.15) is 0 Å². The highest BCUT2D eigenvalue weighted by Gasteiger charge is 2.17. The average Bonchev–Trinajstić information content (AvgIpc) is 3.18. The molecule has 32 heavy (non-hydrogen) atoms. The molecular formula is C29H40N2O. The number of hydrogen-bond donors (Lipinski definition) is 1. The highest BCUT2D eigenvalue weighted by atomic mass is 16.3. The van der Waals surface area contributed by atoms with Gasteiger partial charge in [0.1, 0.15) is 0 Å². The Kier molecular flexibility index (Phi) is 8.33. The number of aliphatic hydroxyl groups is 1. The van der Waals surface area contributed by atoms with E-state index in [9.17, 15) is 5.11 Å². The van der Waals surface area contributed by atoms with Crippen molar-refractivity contribution in [2.75, 3.05) is 13.1 Å². The summed E-state index contributed by atoms with van der Waals surface area (Å²) in [5.74, 6) is 0.638. The van der Waals surface area contributed by atoms with Gasteiger partial charge >= 0.3 is 0 Å². The van der Waals surface area contributed by atoms with Gasteiger partial charge in [0, 0.05) is 31.5 Å². The molecule has 1 unspecified atom stereocenters. The van der Waals surface area contributed by atoms with Crippen LogP contribution in [0, 0.1) is 5.92 Å². The van der Waals surface area contributed by atoms with Crippen molar-refractivity contribution in [2.24, 2.45) is 5.92 Å². The first-order valence-corrected chi connectivity index (χ1v) is 11.9. The molecule has 3 aromatic rings. The van der Waals surface area contributed by atoms with Crippen LogP contribution in [0.4, 0.5) is 0 Å². The van der Waals surface area contributed by atoms with Crippen molar-refractivity contribution in [1.82, 2.24) is 9.47 Å². The fraction of sp³-hybridized carbons (Fsp3) is 0.448. The molecule has 0 radical (unpaired) electrons. The molecule has 2 aromatic carbocycles. The summed E-state index contributed by atoms with van der Waals surface area (Å²) >= 11 is 0. The molecule has 1 atom stereocenters. The van der Waals surface area contributed by atoms with Crippen LogP contribution in [0.2, 0.25) is 0 Å². The maximum absolute atomic E-state index is 10.8. The van der Waals surface area contributed by atoms with Crippen LogP contribution in [0.5, 0.6) is 0 Å². The molecule has 0 aliphatic heterocycles. The van der Waals surface area contributed by atoms with E-state index in [1.807, 2.05) is 30.3 Å². The van der Waals surface area contributed by atoms with Crippen molar-refractivity contribution in [3.8, 4) is 0 Å². The summed E-state index contributed by atoms with van der Waals surface area (Å²) in [6.07, 6.45) is 2.81. The second-order valence-corrected chi connectivity index (χ2v) is 10.4. The minimum absolute atomic E-state index is 0.174. The predicted octanol–water partition coefficient (Wildman–Crippen LogP) is 6.42. The second kappa shape index (κ2) is 11.0. The molecule has 1 heterocycles. The van der Waals surface area contributed by atoms with Gasteiger partial charge in [0.2, 0.25) is 0 Å².